The normalized spacial score (nSPS) is 30.2. The monoisotopic (exact) mass is 195 g/mol. The maximum Gasteiger partial charge on any atom is 0.297 e. The number of rotatable bonds is 2. The van der Waals surface area contributed by atoms with Crippen LogP contribution in [0.3, 0.4) is 0 Å². The van der Waals surface area contributed by atoms with Crippen molar-refractivity contribution in [3.63, 3.8) is 0 Å². The van der Waals surface area contributed by atoms with Crippen LogP contribution in [-0.2, 0) is 11.3 Å². The largest absolute Gasteiger partial charge is 0.432 e. The second-order valence-electron chi connectivity index (χ2n) is 3.82. The van der Waals surface area contributed by atoms with Crippen molar-refractivity contribution < 1.29 is 9.15 Å². The first-order chi connectivity index (χ1) is 6.86. The number of nitrogens with two attached hydrogens (primary N) is 1. The van der Waals surface area contributed by atoms with Crippen molar-refractivity contribution in [2.24, 2.45) is 5.73 Å². The van der Waals surface area contributed by atoms with Gasteiger partial charge in [-0.3, -0.25) is 0 Å². The number of anilines is 1. The van der Waals surface area contributed by atoms with Gasteiger partial charge in [0.25, 0.3) is 6.01 Å². The van der Waals surface area contributed by atoms with E-state index in [-0.39, 0.29) is 0 Å². The molecule has 76 valence electrons. The van der Waals surface area contributed by atoms with E-state index in [1.54, 1.807) is 6.26 Å². The van der Waals surface area contributed by atoms with E-state index in [1.807, 2.05) is 0 Å². The first-order valence-corrected chi connectivity index (χ1v) is 4.89. The fraction of sp³-hybridized carbons (Fsp3) is 0.667. The van der Waals surface area contributed by atoms with Crippen LogP contribution in [0, 0.1) is 0 Å². The van der Waals surface area contributed by atoms with Gasteiger partial charge in [-0.05, 0) is 6.42 Å². The predicted octanol–water partition coefficient (Wildman–Crippen LogP) is 0.111. The van der Waals surface area contributed by atoms with Gasteiger partial charge in [-0.1, -0.05) is 0 Å². The summed E-state index contributed by atoms with van der Waals surface area (Å²) in [7, 11) is 0. The van der Waals surface area contributed by atoms with Crippen LogP contribution in [0.15, 0.2) is 10.7 Å². The highest BCUT2D eigenvalue weighted by Crippen LogP contribution is 2.31. The van der Waals surface area contributed by atoms with Crippen LogP contribution < -0.4 is 10.6 Å². The average molecular weight is 195 g/mol. The molecule has 1 aromatic heterocycles. The van der Waals surface area contributed by atoms with Crippen molar-refractivity contribution in [3.05, 3.63) is 12.0 Å². The molecule has 2 bridgehead atoms. The smallest absolute Gasteiger partial charge is 0.297 e. The third-order valence-electron chi connectivity index (χ3n) is 2.89. The molecule has 0 spiro atoms. The Kier molecular flexibility index (Phi) is 1.75. The molecule has 2 saturated heterocycles. The second-order valence-corrected chi connectivity index (χ2v) is 3.82. The zero-order valence-electron chi connectivity index (χ0n) is 7.85. The van der Waals surface area contributed by atoms with Crippen molar-refractivity contribution in [3.8, 4) is 0 Å². The van der Waals surface area contributed by atoms with E-state index in [4.69, 9.17) is 14.9 Å². The number of morpholine rings is 1. The van der Waals surface area contributed by atoms with Crippen molar-refractivity contribution in [2.45, 2.75) is 25.1 Å². The zero-order chi connectivity index (χ0) is 9.54. The zero-order valence-corrected chi connectivity index (χ0v) is 7.85. The Morgan fingerprint density at radius 3 is 3.14 bits per heavy atom. The van der Waals surface area contributed by atoms with Gasteiger partial charge in [0.05, 0.1) is 24.4 Å². The number of ether oxygens (including phenoxy) is 1. The number of hydrogen-bond donors (Lipinski definition) is 1. The molecule has 0 aromatic carbocycles. The van der Waals surface area contributed by atoms with Crippen LogP contribution >= 0.6 is 0 Å². The third kappa shape index (κ3) is 1.13. The van der Waals surface area contributed by atoms with Crippen molar-refractivity contribution >= 4 is 6.01 Å². The van der Waals surface area contributed by atoms with Gasteiger partial charge in [0.15, 0.2) is 0 Å². The Balaban J connectivity index is 1.82. The molecule has 1 aromatic rings. The number of hydrogen-bond acceptors (Lipinski definition) is 5. The lowest BCUT2D eigenvalue weighted by Gasteiger charge is -2.24. The quantitative estimate of drug-likeness (QED) is 0.725. The first-order valence-electron chi connectivity index (χ1n) is 4.89. The number of aromatic nitrogens is 1. The third-order valence-corrected chi connectivity index (χ3v) is 2.89. The van der Waals surface area contributed by atoms with Crippen molar-refractivity contribution in [1.82, 2.24) is 4.98 Å². The van der Waals surface area contributed by atoms with Crippen LogP contribution in [-0.4, -0.2) is 30.3 Å². The van der Waals surface area contributed by atoms with E-state index in [0.29, 0.717) is 24.7 Å². The van der Waals surface area contributed by atoms with E-state index < -0.39 is 0 Å². The SMILES string of the molecule is NCc1coc(N2CC3CC2CO3)n1. The topological polar surface area (TPSA) is 64.5 Å². The molecule has 0 amide bonds. The molecule has 0 saturated carbocycles. The summed E-state index contributed by atoms with van der Waals surface area (Å²) in [5.41, 5.74) is 6.28. The van der Waals surface area contributed by atoms with Gasteiger partial charge in [-0.25, -0.2) is 0 Å². The van der Waals surface area contributed by atoms with E-state index in [1.165, 1.54) is 0 Å². The molecule has 2 aliphatic heterocycles. The lowest BCUT2D eigenvalue weighted by molar-refractivity contribution is 0.0974. The highest BCUT2D eigenvalue weighted by molar-refractivity contribution is 5.33. The highest BCUT2D eigenvalue weighted by Gasteiger charge is 2.40. The molecule has 5 nitrogen and oxygen atoms in total. The van der Waals surface area contributed by atoms with E-state index >= 15 is 0 Å². The van der Waals surface area contributed by atoms with Crippen LogP contribution in [0.5, 0.6) is 0 Å². The Morgan fingerprint density at radius 1 is 1.64 bits per heavy atom. The Hall–Kier alpha value is -1.07. The highest BCUT2D eigenvalue weighted by atomic mass is 16.5. The Bertz CT molecular complexity index is 339. The summed E-state index contributed by atoms with van der Waals surface area (Å²) >= 11 is 0. The molecule has 2 fully saturated rings. The maximum absolute atomic E-state index is 5.50. The van der Waals surface area contributed by atoms with Crippen molar-refractivity contribution in [1.29, 1.82) is 0 Å². The molecule has 2 unspecified atom stereocenters. The molecule has 0 radical (unpaired) electrons. The second kappa shape index (κ2) is 2.96. The minimum atomic E-state index is 0.369. The van der Waals surface area contributed by atoms with Crippen LogP contribution in [0.1, 0.15) is 12.1 Å². The fourth-order valence-electron chi connectivity index (χ4n) is 2.16. The average Bonchev–Trinajstić information content (AvgIpc) is 2.93. The molecule has 2 atom stereocenters. The van der Waals surface area contributed by atoms with Gasteiger partial charge in [-0.2, -0.15) is 4.98 Å². The van der Waals surface area contributed by atoms with Gasteiger partial charge < -0.3 is 19.8 Å². The number of nitrogens with zero attached hydrogens (tertiary/aromatic N) is 2. The lowest BCUT2D eigenvalue weighted by atomic mass is 10.2. The standard InChI is InChI=1S/C9H13N3O2/c10-2-6-4-14-9(11-6)12-3-8-1-7(12)5-13-8/h4,7-8H,1-3,5,10H2. The van der Waals surface area contributed by atoms with E-state index in [2.05, 4.69) is 9.88 Å². The van der Waals surface area contributed by atoms with Gasteiger partial charge >= 0.3 is 0 Å². The van der Waals surface area contributed by atoms with Gasteiger partial charge in [0, 0.05) is 13.1 Å². The Labute approximate surface area is 81.8 Å². The molecule has 5 heteroatoms. The summed E-state index contributed by atoms with van der Waals surface area (Å²) < 4.78 is 10.9. The van der Waals surface area contributed by atoms with Crippen molar-refractivity contribution in [2.75, 3.05) is 18.1 Å². The molecule has 0 aliphatic carbocycles. The summed E-state index contributed by atoms with van der Waals surface area (Å²) in [5.74, 6) is 0. The van der Waals surface area contributed by atoms with E-state index in [0.717, 1.165) is 25.3 Å². The van der Waals surface area contributed by atoms with E-state index in [9.17, 15) is 0 Å². The van der Waals surface area contributed by atoms with Crippen LogP contribution in [0.4, 0.5) is 6.01 Å². The van der Waals surface area contributed by atoms with Gasteiger partial charge in [0.1, 0.15) is 6.26 Å². The summed E-state index contributed by atoms with van der Waals surface area (Å²) in [6, 6.07) is 1.14. The maximum atomic E-state index is 5.50. The lowest BCUT2D eigenvalue weighted by Crippen LogP contribution is -2.37. The fourth-order valence-corrected chi connectivity index (χ4v) is 2.16. The molecule has 14 heavy (non-hydrogen) atoms. The first kappa shape index (κ1) is 8.26. The summed E-state index contributed by atoms with van der Waals surface area (Å²) in [4.78, 5) is 6.48. The minimum Gasteiger partial charge on any atom is -0.432 e. The molecule has 2 N–H and O–H groups in total. The van der Waals surface area contributed by atoms with Crippen LogP contribution in [0.2, 0.25) is 0 Å². The summed E-state index contributed by atoms with van der Waals surface area (Å²) in [6.45, 7) is 2.13. The predicted molar refractivity (Wildman–Crippen MR) is 49.9 cm³/mol. The van der Waals surface area contributed by atoms with Gasteiger partial charge in [0.2, 0.25) is 0 Å². The van der Waals surface area contributed by atoms with Crippen LogP contribution in [0.25, 0.3) is 0 Å². The Morgan fingerprint density at radius 2 is 2.57 bits per heavy atom. The van der Waals surface area contributed by atoms with Gasteiger partial charge in [-0.15, -0.1) is 0 Å². The molecular weight excluding hydrogens is 182 g/mol. The molecular formula is C9H13N3O2. The summed E-state index contributed by atoms with van der Waals surface area (Å²) in [5, 5.41) is 0. The minimum absolute atomic E-state index is 0.369. The molecule has 3 heterocycles. The summed E-state index contributed by atoms with van der Waals surface area (Å²) in [6.07, 6.45) is 3.09. The molecule has 2 aliphatic rings. The number of oxazole rings is 1. The number of fused-ring (bicyclic) bond motifs is 2. The molecule has 3 rings (SSSR count).